The Hall–Kier alpha value is -2.47. The highest BCUT2D eigenvalue weighted by molar-refractivity contribution is 5.78. The van der Waals surface area contributed by atoms with E-state index in [4.69, 9.17) is 9.84 Å². The lowest BCUT2D eigenvalue weighted by atomic mass is 10.0. The van der Waals surface area contributed by atoms with Gasteiger partial charge in [0.15, 0.2) is 5.65 Å². The zero-order chi connectivity index (χ0) is 18.7. The Balaban J connectivity index is 1.74. The Morgan fingerprint density at radius 1 is 1.15 bits per heavy atom. The zero-order valence-corrected chi connectivity index (χ0v) is 16.0. The average molecular weight is 364 g/mol. The Kier molecular flexibility index (Phi) is 3.72. The molecule has 2 fully saturated rings. The Morgan fingerprint density at radius 2 is 1.81 bits per heavy atom. The van der Waals surface area contributed by atoms with Crippen LogP contribution >= 0.6 is 0 Å². The van der Waals surface area contributed by atoms with Crippen molar-refractivity contribution in [3.05, 3.63) is 50.7 Å². The Bertz CT molecular complexity index is 1080. The van der Waals surface area contributed by atoms with Gasteiger partial charge in [-0.3, -0.25) is 4.79 Å². The van der Waals surface area contributed by atoms with E-state index < -0.39 is 0 Å². The van der Waals surface area contributed by atoms with E-state index in [-0.39, 0.29) is 5.56 Å². The fraction of sp³-hybridized carbons (Fsp3) is 0.476. The van der Waals surface area contributed by atoms with Gasteiger partial charge >= 0.3 is 0 Å². The molecule has 5 rings (SSSR count). The first-order valence-corrected chi connectivity index (χ1v) is 9.69. The molecule has 2 aliphatic carbocycles. The molecule has 27 heavy (non-hydrogen) atoms. The highest BCUT2D eigenvalue weighted by Gasteiger charge is 2.29. The molecule has 2 saturated carbocycles. The smallest absolute Gasteiger partial charge is 0.262 e. The van der Waals surface area contributed by atoms with E-state index in [9.17, 15) is 4.79 Å². The minimum absolute atomic E-state index is 0.120. The predicted molar refractivity (Wildman–Crippen MR) is 104 cm³/mol. The number of aryl methyl sites for hydroxylation is 2. The molecule has 0 unspecified atom stereocenters. The van der Waals surface area contributed by atoms with Gasteiger partial charge in [-0.15, -0.1) is 5.10 Å². The topological polar surface area (TPSA) is 72.8 Å². The van der Waals surface area contributed by atoms with Crippen LogP contribution in [0.4, 0.5) is 0 Å². The van der Waals surface area contributed by atoms with Gasteiger partial charge in [-0.2, -0.15) is 0 Å². The Labute approximate surface area is 157 Å². The number of hydrogen-bond donors (Lipinski definition) is 1. The van der Waals surface area contributed by atoms with Crippen LogP contribution in [0.25, 0.3) is 16.7 Å². The van der Waals surface area contributed by atoms with Crippen LogP contribution in [0.3, 0.4) is 0 Å². The summed E-state index contributed by atoms with van der Waals surface area (Å²) in [6.07, 6.45) is 4.73. The summed E-state index contributed by atoms with van der Waals surface area (Å²) in [5.74, 6) is 1.84. The summed E-state index contributed by atoms with van der Waals surface area (Å²) in [5, 5.41) is 5.28. The second kappa shape index (κ2) is 6.02. The number of aromatic amines is 1. The molecule has 0 radical (unpaired) electrons. The van der Waals surface area contributed by atoms with E-state index in [1.807, 2.05) is 4.68 Å². The number of fused-ring (bicyclic) bond motifs is 1. The molecule has 0 atom stereocenters. The van der Waals surface area contributed by atoms with Crippen LogP contribution in [-0.2, 0) is 11.3 Å². The molecule has 2 aliphatic rings. The summed E-state index contributed by atoms with van der Waals surface area (Å²) in [6.45, 7) is 4.54. The van der Waals surface area contributed by atoms with Gasteiger partial charge in [-0.05, 0) is 62.1 Å². The molecule has 6 nitrogen and oxygen atoms in total. The van der Waals surface area contributed by atoms with E-state index >= 15 is 0 Å². The van der Waals surface area contributed by atoms with E-state index in [1.165, 1.54) is 29.5 Å². The van der Waals surface area contributed by atoms with E-state index in [2.05, 4.69) is 35.9 Å². The third-order valence-electron chi connectivity index (χ3n) is 5.68. The molecule has 3 aromatic rings. The number of rotatable bonds is 5. The van der Waals surface area contributed by atoms with Crippen LogP contribution in [0.2, 0.25) is 0 Å². The highest BCUT2D eigenvalue weighted by Crippen LogP contribution is 2.42. The fourth-order valence-corrected chi connectivity index (χ4v) is 4.05. The number of hydrogen-bond acceptors (Lipinski definition) is 4. The second-order valence-electron chi connectivity index (χ2n) is 7.99. The number of nitrogens with one attached hydrogen (secondary N) is 1. The van der Waals surface area contributed by atoms with Gasteiger partial charge in [0, 0.05) is 13.0 Å². The SMILES string of the molecule is COCc1c2c(=O)[nH]c(C3CC3)nc2nn1-c1c(C)cc(C2CC2)cc1C. The molecule has 1 N–H and O–H groups in total. The van der Waals surface area contributed by atoms with Crippen LogP contribution in [0, 0.1) is 13.8 Å². The lowest BCUT2D eigenvalue weighted by Crippen LogP contribution is -2.13. The molecule has 0 amide bonds. The van der Waals surface area contributed by atoms with Crippen LogP contribution in [0.5, 0.6) is 0 Å². The first-order valence-electron chi connectivity index (χ1n) is 9.69. The van der Waals surface area contributed by atoms with Gasteiger partial charge in [0.2, 0.25) is 0 Å². The molecule has 1 aromatic carbocycles. The maximum Gasteiger partial charge on any atom is 0.262 e. The molecule has 2 aromatic heterocycles. The van der Waals surface area contributed by atoms with Gasteiger partial charge in [-0.1, -0.05) is 12.1 Å². The number of ether oxygens (including phenoxy) is 1. The van der Waals surface area contributed by atoms with Crippen molar-refractivity contribution in [1.29, 1.82) is 0 Å². The molecular formula is C21H24N4O2. The Morgan fingerprint density at radius 3 is 2.41 bits per heavy atom. The van der Waals surface area contributed by atoms with Crippen LogP contribution < -0.4 is 5.56 Å². The summed E-state index contributed by atoms with van der Waals surface area (Å²) in [7, 11) is 1.64. The molecule has 0 bridgehead atoms. The number of benzene rings is 1. The first kappa shape index (κ1) is 16.7. The number of aromatic nitrogens is 4. The molecule has 140 valence electrons. The van der Waals surface area contributed by atoms with Crippen molar-refractivity contribution in [3.8, 4) is 5.69 Å². The van der Waals surface area contributed by atoms with Crippen molar-refractivity contribution < 1.29 is 4.74 Å². The van der Waals surface area contributed by atoms with E-state index in [0.29, 0.717) is 29.5 Å². The van der Waals surface area contributed by atoms with Gasteiger partial charge in [0.25, 0.3) is 5.56 Å². The summed E-state index contributed by atoms with van der Waals surface area (Å²) >= 11 is 0. The second-order valence-corrected chi connectivity index (χ2v) is 7.99. The van der Waals surface area contributed by atoms with Crippen molar-refractivity contribution in [2.24, 2.45) is 0 Å². The van der Waals surface area contributed by atoms with Gasteiger partial charge < -0.3 is 9.72 Å². The number of nitrogens with zero attached hydrogens (tertiary/aromatic N) is 3. The van der Waals surface area contributed by atoms with Gasteiger partial charge in [-0.25, -0.2) is 9.67 Å². The van der Waals surface area contributed by atoms with Crippen LogP contribution in [0.15, 0.2) is 16.9 Å². The number of methoxy groups -OCH3 is 1. The first-order chi connectivity index (χ1) is 13.1. The molecule has 0 spiro atoms. The van der Waals surface area contributed by atoms with Crippen molar-refractivity contribution >= 4 is 11.0 Å². The fourth-order valence-electron chi connectivity index (χ4n) is 4.05. The summed E-state index contributed by atoms with van der Waals surface area (Å²) in [6, 6.07) is 4.52. The highest BCUT2D eigenvalue weighted by atomic mass is 16.5. The monoisotopic (exact) mass is 364 g/mol. The van der Waals surface area contributed by atoms with E-state index in [0.717, 1.165) is 30.0 Å². The minimum Gasteiger partial charge on any atom is -0.378 e. The average Bonchev–Trinajstić information content (AvgIpc) is 3.52. The van der Waals surface area contributed by atoms with Crippen LogP contribution in [-0.4, -0.2) is 26.9 Å². The van der Waals surface area contributed by atoms with Crippen molar-refractivity contribution in [3.63, 3.8) is 0 Å². The third-order valence-corrected chi connectivity index (χ3v) is 5.68. The molecular weight excluding hydrogens is 340 g/mol. The summed E-state index contributed by atoms with van der Waals surface area (Å²) in [4.78, 5) is 20.4. The molecule has 0 aliphatic heterocycles. The standard InChI is InChI=1S/C21H24N4O2/c1-11-8-15(13-4-5-13)9-12(2)18(11)25-16(10-27-3)17-20(24-25)22-19(14-6-7-14)23-21(17)26/h8-9,13-14H,4-7,10H2,1-3H3,(H,22,23,24,26). The van der Waals surface area contributed by atoms with E-state index in [1.54, 1.807) is 7.11 Å². The van der Waals surface area contributed by atoms with Crippen molar-refractivity contribution in [1.82, 2.24) is 19.7 Å². The number of H-pyrrole nitrogens is 1. The maximum atomic E-state index is 12.8. The molecule has 6 heteroatoms. The molecule has 2 heterocycles. The van der Waals surface area contributed by atoms with Gasteiger partial charge in [0.1, 0.15) is 11.2 Å². The third kappa shape index (κ3) is 2.79. The normalized spacial score (nSPS) is 17.0. The molecule has 0 saturated heterocycles. The zero-order valence-electron chi connectivity index (χ0n) is 16.0. The predicted octanol–water partition coefficient (Wildman–Crippen LogP) is 3.63. The lowest BCUT2D eigenvalue weighted by Gasteiger charge is -2.15. The van der Waals surface area contributed by atoms with Gasteiger partial charge in [0.05, 0.1) is 18.0 Å². The van der Waals surface area contributed by atoms with Crippen molar-refractivity contribution in [2.75, 3.05) is 7.11 Å². The lowest BCUT2D eigenvalue weighted by molar-refractivity contribution is 0.180. The van der Waals surface area contributed by atoms with Crippen molar-refractivity contribution in [2.45, 2.75) is 58.0 Å². The maximum absolute atomic E-state index is 12.8. The largest absolute Gasteiger partial charge is 0.378 e. The van der Waals surface area contributed by atoms with Crippen LogP contribution in [0.1, 0.15) is 65.7 Å². The minimum atomic E-state index is -0.120. The summed E-state index contributed by atoms with van der Waals surface area (Å²) in [5.41, 5.74) is 5.92. The quantitative estimate of drug-likeness (QED) is 0.750. The summed E-state index contributed by atoms with van der Waals surface area (Å²) < 4.78 is 7.28.